The Labute approximate surface area is 124 Å². The van der Waals surface area contributed by atoms with Crippen LogP contribution < -0.4 is 9.46 Å². The first-order chi connectivity index (χ1) is 9.76. The summed E-state index contributed by atoms with van der Waals surface area (Å²) in [5.74, 6) is -0.841. The van der Waals surface area contributed by atoms with Crippen LogP contribution in [0.5, 0.6) is 5.88 Å². The van der Waals surface area contributed by atoms with Crippen molar-refractivity contribution in [2.24, 2.45) is 5.92 Å². The molecular weight excluding hydrogens is 296 g/mol. The number of carboxylic acids is 1. The van der Waals surface area contributed by atoms with E-state index < -0.39 is 22.0 Å². The third kappa shape index (κ3) is 5.31. The third-order valence-corrected chi connectivity index (χ3v) is 4.07. The first-order valence-corrected chi connectivity index (χ1v) is 8.08. The van der Waals surface area contributed by atoms with Crippen LogP contribution in [-0.2, 0) is 14.8 Å². The molecule has 0 bridgehead atoms. The number of nitrogens with zero attached hydrogens (tertiary/aromatic N) is 1. The maximum Gasteiger partial charge on any atom is 0.321 e. The molecule has 0 saturated carbocycles. The van der Waals surface area contributed by atoms with Crippen LogP contribution in [0.1, 0.15) is 27.2 Å². The Morgan fingerprint density at radius 1 is 1.43 bits per heavy atom. The summed E-state index contributed by atoms with van der Waals surface area (Å²) in [5.41, 5.74) is 0. The zero-order valence-electron chi connectivity index (χ0n) is 12.2. The Bertz CT molecular complexity index is 569. The number of rotatable bonds is 8. The smallest absolute Gasteiger partial charge is 0.321 e. The molecule has 118 valence electrons. The van der Waals surface area contributed by atoms with E-state index in [1.54, 1.807) is 6.92 Å². The van der Waals surface area contributed by atoms with Gasteiger partial charge in [-0.2, -0.15) is 4.72 Å². The fourth-order valence-corrected chi connectivity index (χ4v) is 2.83. The maximum absolute atomic E-state index is 12.1. The number of nitrogens with one attached hydrogen (secondary N) is 1. The number of hydrogen-bond acceptors (Lipinski definition) is 5. The summed E-state index contributed by atoms with van der Waals surface area (Å²) in [6.07, 6.45) is 1.35. The highest BCUT2D eigenvalue weighted by Gasteiger charge is 2.26. The average molecular weight is 316 g/mol. The second-order valence-corrected chi connectivity index (χ2v) is 6.62. The highest BCUT2D eigenvalue weighted by atomic mass is 32.2. The number of aromatic nitrogens is 1. The molecule has 1 heterocycles. The average Bonchev–Trinajstić information content (AvgIpc) is 2.38. The molecule has 0 radical (unpaired) electrons. The third-order valence-electron chi connectivity index (χ3n) is 2.61. The Morgan fingerprint density at radius 2 is 2.10 bits per heavy atom. The molecule has 0 aliphatic carbocycles. The summed E-state index contributed by atoms with van der Waals surface area (Å²) >= 11 is 0. The minimum Gasteiger partial charge on any atom is -0.480 e. The summed E-state index contributed by atoms with van der Waals surface area (Å²) in [4.78, 5) is 14.9. The van der Waals surface area contributed by atoms with Crippen LogP contribution in [0.25, 0.3) is 0 Å². The van der Waals surface area contributed by atoms with Crippen LogP contribution >= 0.6 is 0 Å². The summed E-state index contributed by atoms with van der Waals surface area (Å²) < 4.78 is 31.6. The molecule has 0 amide bonds. The molecule has 0 aliphatic rings. The van der Waals surface area contributed by atoms with E-state index in [0.29, 0.717) is 12.5 Å². The number of pyridine rings is 1. The van der Waals surface area contributed by atoms with Gasteiger partial charge in [0.05, 0.1) is 12.8 Å². The summed E-state index contributed by atoms with van der Waals surface area (Å²) in [7, 11) is -3.93. The number of carboxylic acid groups (broad SMARTS) is 1. The highest BCUT2D eigenvalue weighted by Crippen LogP contribution is 2.14. The number of aliphatic carboxylic acids is 1. The summed E-state index contributed by atoms with van der Waals surface area (Å²) in [6, 6.07) is 1.59. The zero-order valence-corrected chi connectivity index (χ0v) is 13.1. The van der Waals surface area contributed by atoms with E-state index in [4.69, 9.17) is 9.84 Å². The molecule has 0 spiro atoms. The van der Waals surface area contributed by atoms with Crippen molar-refractivity contribution in [1.29, 1.82) is 0 Å². The molecule has 21 heavy (non-hydrogen) atoms. The molecule has 2 N–H and O–H groups in total. The molecule has 0 aliphatic heterocycles. The normalized spacial score (nSPS) is 13.1. The maximum atomic E-state index is 12.1. The van der Waals surface area contributed by atoms with Gasteiger partial charge in [-0.3, -0.25) is 4.79 Å². The van der Waals surface area contributed by atoms with Crippen molar-refractivity contribution in [2.75, 3.05) is 6.61 Å². The largest absolute Gasteiger partial charge is 0.480 e. The van der Waals surface area contributed by atoms with Gasteiger partial charge in [-0.15, -0.1) is 0 Å². The minimum atomic E-state index is -3.93. The summed E-state index contributed by atoms with van der Waals surface area (Å²) in [6.45, 7) is 5.86. The molecule has 0 fully saturated rings. The van der Waals surface area contributed by atoms with Crippen molar-refractivity contribution >= 4 is 16.0 Å². The fourth-order valence-electron chi connectivity index (χ4n) is 1.69. The van der Waals surface area contributed by atoms with Crippen LogP contribution in [0, 0.1) is 5.92 Å². The van der Waals surface area contributed by atoms with E-state index in [1.807, 2.05) is 13.8 Å². The van der Waals surface area contributed by atoms with Gasteiger partial charge in [0.25, 0.3) is 0 Å². The van der Waals surface area contributed by atoms with Gasteiger partial charge in [0.1, 0.15) is 10.9 Å². The molecule has 1 rings (SSSR count). The molecule has 8 heteroatoms. The van der Waals surface area contributed by atoms with E-state index >= 15 is 0 Å². The fraction of sp³-hybridized carbons (Fsp3) is 0.538. The Balaban J connectivity index is 2.91. The lowest BCUT2D eigenvalue weighted by Crippen LogP contribution is -2.41. The van der Waals surface area contributed by atoms with E-state index in [-0.39, 0.29) is 17.2 Å². The Kier molecular flexibility index (Phi) is 6.10. The van der Waals surface area contributed by atoms with E-state index in [0.717, 1.165) is 6.20 Å². The topological polar surface area (TPSA) is 106 Å². The molecule has 1 aromatic rings. The molecule has 0 unspecified atom stereocenters. The van der Waals surface area contributed by atoms with Gasteiger partial charge >= 0.3 is 5.97 Å². The molecule has 0 aromatic carbocycles. The van der Waals surface area contributed by atoms with Gasteiger partial charge in [0, 0.05) is 6.07 Å². The number of ether oxygens (including phenoxy) is 1. The standard InChI is InChI=1S/C13H20N2O5S/c1-4-20-12-6-5-10(8-14-12)21(18,19)15-11(13(16)17)7-9(2)3/h5-6,8-9,11,15H,4,7H2,1-3H3,(H,16,17)/t11-/m1/s1. The van der Waals surface area contributed by atoms with Crippen molar-refractivity contribution in [3.63, 3.8) is 0 Å². The lowest BCUT2D eigenvalue weighted by atomic mass is 10.1. The Hall–Kier alpha value is -1.67. The van der Waals surface area contributed by atoms with E-state index in [2.05, 4.69) is 9.71 Å². The SMILES string of the molecule is CCOc1ccc(S(=O)(=O)N[C@H](CC(C)C)C(=O)O)cn1. The first kappa shape index (κ1) is 17.4. The quantitative estimate of drug-likeness (QED) is 0.748. The highest BCUT2D eigenvalue weighted by molar-refractivity contribution is 7.89. The second-order valence-electron chi connectivity index (χ2n) is 4.91. The van der Waals surface area contributed by atoms with Crippen LogP contribution in [-0.4, -0.2) is 37.1 Å². The monoisotopic (exact) mass is 316 g/mol. The van der Waals surface area contributed by atoms with Crippen LogP contribution in [0.4, 0.5) is 0 Å². The van der Waals surface area contributed by atoms with Crippen molar-refractivity contribution in [1.82, 2.24) is 9.71 Å². The van der Waals surface area contributed by atoms with Crippen molar-refractivity contribution in [2.45, 2.75) is 38.1 Å². The number of carbonyl (C=O) groups is 1. The van der Waals surface area contributed by atoms with Crippen molar-refractivity contribution < 1.29 is 23.1 Å². The predicted octanol–water partition coefficient (Wildman–Crippen LogP) is 1.26. The van der Waals surface area contributed by atoms with E-state index in [1.165, 1.54) is 12.1 Å². The lowest BCUT2D eigenvalue weighted by Gasteiger charge is -2.16. The van der Waals surface area contributed by atoms with Gasteiger partial charge < -0.3 is 9.84 Å². The summed E-state index contributed by atoms with van der Waals surface area (Å²) in [5, 5.41) is 9.08. The number of hydrogen-bond donors (Lipinski definition) is 2. The van der Waals surface area contributed by atoms with Gasteiger partial charge in [-0.1, -0.05) is 13.8 Å². The van der Waals surface area contributed by atoms with Crippen LogP contribution in [0.15, 0.2) is 23.2 Å². The van der Waals surface area contributed by atoms with Gasteiger partial charge in [0.15, 0.2) is 0 Å². The zero-order chi connectivity index (χ0) is 16.0. The predicted molar refractivity (Wildman–Crippen MR) is 76.6 cm³/mol. The molecule has 1 atom stereocenters. The first-order valence-electron chi connectivity index (χ1n) is 6.60. The van der Waals surface area contributed by atoms with Crippen molar-refractivity contribution in [3.8, 4) is 5.88 Å². The molecule has 1 aromatic heterocycles. The minimum absolute atomic E-state index is 0.0484. The van der Waals surface area contributed by atoms with Crippen LogP contribution in [0.2, 0.25) is 0 Å². The molecular formula is C13H20N2O5S. The van der Waals surface area contributed by atoms with Gasteiger partial charge in [0.2, 0.25) is 15.9 Å². The van der Waals surface area contributed by atoms with Gasteiger partial charge in [-0.05, 0) is 25.3 Å². The van der Waals surface area contributed by atoms with E-state index in [9.17, 15) is 13.2 Å². The van der Waals surface area contributed by atoms with Gasteiger partial charge in [-0.25, -0.2) is 13.4 Å². The second kappa shape index (κ2) is 7.37. The molecule has 7 nitrogen and oxygen atoms in total. The van der Waals surface area contributed by atoms with Crippen LogP contribution in [0.3, 0.4) is 0 Å². The molecule has 0 saturated heterocycles. The lowest BCUT2D eigenvalue weighted by molar-refractivity contribution is -0.139. The number of sulfonamides is 1. The van der Waals surface area contributed by atoms with Crippen molar-refractivity contribution in [3.05, 3.63) is 18.3 Å². The Morgan fingerprint density at radius 3 is 2.52 bits per heavy atom.